The van der Waals surface area contributed by atoms with Crippen LogP contribution < -0.4 is 5.73 Å². The summed E-state index contributed by atoms with van der Waals surface area (Å²) in [6.45, 7) is 1.42. The molecule has 1 aromatic carbocycles. The van der Waals surface area contributed by atoms with Crippen LogP contribution in [0.3, 0.4) is 0 Å². The minimum atomic E-state index is -0.728. The highest BCUT2D eigenvalue weighted by molar-refractivity contribution is 5.24. The van der Waals surface area contributed by atoms with Gasteiger partial charge in [0.15, 0.2) is 0 Å². The number of hydrogen-bond acceptors (Lipinski definition) is 4. The summed E-state index contributed by atoms with van der Waals surface area (Å²) >= 11 is 0. The van der Waals surface area contributed by atoms with Gasteiger partial charge < -0.3 is 15.7 Å². The average molecular weight is 285 g/mol. The lowest BCUT2D eigenvalue weighted by atomic mass is 9.91. The summed E-state index contributed by atoms with van der Waals surface area (Å²) in [5.74, 6) is 0. The van der Waals surface area contributed by atoms with Crippen LogP contribution in [0.4, 0.5) is 0 Å². The minimum absolute atomic E-state index is 0.0728. The summed E-state index contributed by atoms with van der Waals surface area (Å²) in [5, 5.41) is 9.71. The molecule has 2 rings (SSSR count). The third kappa shape index (κ3) is 4.36. The van der Waals surface area contributed by atoms with E-state index < -0.39 is 5.54 Å². The summed E-state index contributed by atoms with van der Waals surface area (Å²) in [6, 6.07) is 13.8. The third-order valence-corrected chi connectivity index (χ3v) is 3.71. The van der Waals surface area contributed by atoms with E-state index in [2.05, 4.69) is 9.88 Å². The molecule has 21 heavy (non-hydrogen) atoms. The SMILES string of the molecule is CN(CCc1ccncc1)CC(N)(CO)c1ccccc1. The fourth-order valence-electron chi connectivity index (χ4n) is 2.43. The van der Waals surface area contributed by atoms with E-state index in [0.717, 1.165) is 18.5 Å². The standard InChI is InChI=1S/C17H23N3O/c1-20(12-9-15-7-10-19-11-8-15)13-17(18,14-21)16-5-3-2-4-6-16/h2-8,10-11,21H,9,12-14,18H2,1H3. The summed E-state index contributed by atoms with van der Waals surface area (Å²) in [7, 11) is 2.03. The Hall–Kier alpha value is -1.75. The van der Waals surface area contributed by atoms with Gasteiger partial charge in [0.05, 0.1) is 12.1 Å². The first-order chi connectivity index (χ1) is 10.1. The Labute approximate surface area is 126 Å². The van der Waals surface area contributed by atoms with Gasteiger partial charge in [-0.25, -0.2) is 0 Å². The van der Waals surface area contributed by atoms with Crippen LogP contribution in [0.2, 0.25) is 0 Å². The first-order valence-electron chi connectivity index (χ1n) is 7.17. The van der Waals surface area contributed by atoms with Crippen molar-refractivity contribution in [2.75, 3.05) is 26.7 Å². The van der Waals surface area contributed by atoms with Crippen LogP contribution in [0.1, 0.15) is 11.1 Å². The Bertz CT molecular complexity index is 532. The Morgan fingerprint density at radius 2 is 1.81 bits per heavy atom. The van der Waals surface area contributed by atoms with E-state index in [1.807, 2.05) is 49.5 Å². The van der Waals surface area contributed by atoms with Crippen molar-refractivity contribution < 1.29 is 5.11 Å². The molecule has 0 fully saturated rings. The van der Waals surface area contributed by atoms with Gasteiger partial charge in [0, 0.05) is 25.5 Å². The number of benzene rings is 1. The molecule has 1 unspecified atom stereocenters. The van der Waals surface area contributed by atoms with Gasteiger partial charge in [-0.3, -0.25) is 4.98 Å². The maximum atomic E-state index is 9.71. The summed E-state index contributed by atoms with van der Waals surface area (Å²) in [5.41, 5.74) is 7.87. The van der Waals surface area contributed by atoms with Crippen molar-refractivity contribution >= 4 is 0 Å². The van der Waals surface area contributed by atoms with Crippen molar-refractivity contribution in [3.8, 4) is 0 Å². The van der Waals surface area contributed by atoms with Crippen molar-refractivity contribution in [1.82, 2.24) is 9.88 Å². The van der Waals surface area contributed by atoms with Crippen LogP contribution >= 0.6 is 0 Å². The van der Waals surface area contributed by atoms with Gasteiger partial charge in [-0.15, -0.1) is 0 Å². The maximum Gasteiger partial charge on any atom is 0.0772 e. The Morgan fingerprint density at radius 3 is 2.43 bits per heavy atom. The summed E-state index contributed by atoms with van der Waals surface area (Å²) < 4.78 is 0. The van der Waals surface area contributed by atoms with E-state index in [9.17, 15) is 5.11 Å². The molecule has 0 radical (unpaired) electrons. The maximum absolute atomic E-state index is 9.71. The molecule has 0 saturated heterocycles. The molecule has 0 bridgehead atoms. The second-order valence-corrected chi connectivity index (χ2v) is 5.52. The monoisotopic (exact) mass is 285 g/mol. The van der Waals surface area contributed by atoms with Gasteiger partial charge in [0.25, 0.3) is 0 Å². The van der Waals surface area contributed by atoms with Gasteiger partial charge >= 0.3 is 0 Å². The number of rotatable bonds is 7. The lowest BCUT2D eigenvalue weighted by Crippen LogP contribution is -2.49. The number of hydrogen-bond donors (Lipinski definition) is 2. The molecule has 0 aliphatic carbocycles. The molecule has 2 aromatic rings. The fraction of sp³-hybridized carbons (Fsp3) is 0.353. The van der Waals surface area contributed by atoms with E-state index in [0.29, 0.717) is 6.54 Å². The molecule has 1 heterocycles. The molecule has 4 heteroatoms. The summed E-state index contributed by atoms with van der Waals surface area (Å²) in [6.07, 6.45) is 4.55. The smallest absolute Gasteiger partial charge is 0.0772 e. The molecule has 0 spiro atoms. The molecule has 112 valence electrons. The highest BCUT2D eigenvalue weighted by Gasteiger charge is 2.27. The number of pyridine rings is 1. The molecular weight excluding hydrogens is 262 g/mol. The fourth-order valence-corrected chi connectivity index (χ4v) is 2.43. The predicted octanol–water partition coefficient (Wildman–Crippen LogP) is 1.40. The van der Waals surface area contributed by atoms with E-state index in [1.165, 1.54) is 5.56 Å². The van der Waals surface area contributed by atoms with E-state index in [4.69, 9.17) is 5.73 Å². The van der Waals surface area contributed by atoms with Crippen LogP contribution in [-0.2, 0) is 12.0 Å². The van der Waals surface area contributed by atoms with E-state index in [-0.39, 0.29) is 6.61 Å². The minimum Gasteiger partial charge on any atom is -0.394 e. The van der Waals surface area contributed by atoms with Crippen LogP contribution in [0.15, 0.2) is 54.9 Å². The van der Waals surface area contributed by atoms with Crippen molar-refractivity contribution in [3.05, 3.63) is 66.0 Å². The quantitative estimate of drug-likeness (QED) is 0.807. The normalized spacial score (nSPS) is 14.1. The molecule has 0 aliphatic heterocycles. The second kappa shape index (κ2) is 7.31. The largest absolute Gasteiger partial charge is 0.394 e. The predicted molar refractivity (Wildman–Crippen MR) is 84.8 cm³/mol. The van der Waals surface area contributed by atoms with Gasteiger partial charge in [-0.05, 0) is 36.7 Å². The highest BCUT2D eigenvalue weighted by Crippen LogP contribution is 2.18. The molecule has 1 atom stereocenters. The van der Waals surface area contributed by atoms with Gasteiger partial charge in [0.1, 0.15) is 0 Å². The second-order valence-electron chi connectivity index (χ2n) is 5.52. The first-order valence-corrected chi connectivity index (χ1v) is 7.17. The van der Waals surface area contributed by atoms with Crippen molar-refractivity contribution in [2.45, 2.75) is 12.0 Å². The zero-order valence-electron chi connectivity index (χ0n) is 12.4. The number of aliphatic hydroxyl groups excluding tert-OH is 1. The third-order valence-electron chi connectivity index (χ3n) is 3.71. The lowest BCUT2D eigenvalue weighted by Gasteiger charge is -2.32. The number of nitrogens with two attached hydrogens (primary N) is 1. The van der Waals surface area contributed by atoms with Crippen LogP contribution in [0, 0.1) is 0 Å². The van der Waals surface area contributed by atoms with Crippen molar-refractivity contribution in [2.24, 2.45) is 5.73 Å². The molecule has 0 aliphatic rings. The Morgan fingerprint density at radius 1 is 1.14 bits per heavy atom. The van der Waals surface area contributed by atoms with Crippen molar-refractivity contribution in [1.29, 1.82) is 0 Å². The topological polar surface area (TPSA) is 62.4 Å². The molecule has 1 aromatic heterocycles. The number of likely N-dealkylation sites (N-methyl/N-ethyl adjacent to an activating group) is 1. The van der Waals surface area contributed by atoms with Crippen LogP contribution in [0.25, 0.3) is 0 Å². The highest BCUT2D eigenvalue weighted by atomic mass is 16.3. The van der Waals surface area contributed by atoms with Gasteiger partial charge in [0.2, 0.25) is 0 Å². The first kappa shape index (κ1) is 15.6. The summed E-state index contributed by atoms with van der Waals surface area (Å²) in [4.78, 5) is 6.17. The molecule has 0 amide bonds. The Balaban J connectivity index is 1.95. The molecule has 4 nitrogen and oxygen atoms in total. The van der Waals surface area contributed by atoms with E-state index >= 15 is 0 Å². The Kier molecular flexibility index (Phi) is 5.44. The number of aromatic nitrogens is 1. The molecule has 3 N–H and O–H groups in total. The molecule has 0 saturated carbocycles. The molecular formula is C17H23N3O. The van der Waals surface area contributed by atoms with Gasteiger partial charge in [-0.1, -0.05) is 30.3 Å². The van der Waals surface area contributed by atoms with Crippen LogP contribution in [0.5, 0.6) is 0 Å². The van der Waals surface area contributed by atoms with Gasteiger partial charge in [-0.2, -0.15) is 0 Å². The lowest BCUT2D eigenvalue weighted by molar-refractivity contribution is 0.151. The number of aliphatic hydroxyl groups is 1. The average Bonchev–Trinajstić information content (AvgIpc) is 2.54. The van der Waals surface area contributed by atoms with E-state index in [1.54, 1.807) is 12.4 Å². The zero-order chi connectivity index (χ0) is 15.1. The zero-order valence-corrected chi connectivity index (χ0v) is 12.4. The van der Waals surface area contributed by atoms with Crippen LogP contribution in [-0.4, -0.2) is 41.7 Å². The number of nitrogens with zero attached hydrogens (tertiary/aromatic N) is 2. The van der Waals surface area contributed by atoms with Crippen molar-refractivity contribution in [3.63, 3.8) is 0 Å².